The van der Waals surface area contributed by atoms with E-state index in [1.54, 1.807) is 6.08 Å². The van der Waals surface area contributed by atoms with Crippen molar-refractivity contribution in [3.8, 4) is 0 Å². The summed E-state index contributed by atoms with van der Waals surface area (Å²) in [5.41, 5.74) is 0. The van der Waals surface area contributed by atoms with Gasteiger partial charge in [-0.1, -0.05) is 6.08 Å². The Morgan fingerprint density at radius 1 is 1.67 bits per heavy atom. The molecule has 0 aromatic rings. The molecule has 1 aliphatic heterocycles. The Labute approximate surface area is 107 Å². The fourth-order valence-corrected chi connectivity index (χ4v) is 1.90. The third-order valence-corrected chi connectivity index (χ3v) is 2.92. The van der Waals surface area contributed by atoms with Gasteiger partial charge in [0.25, 0.3) is 0 Å². The van der Waals surface area contributed by atoms with E-state index in [1.165, 1.54) is 0 Å². The third kappa shape index (κ3) is 4.46. The van der Waals surface area contributed by atoms with Crippen LogP contribution in [0.4, 0.5) is 0 Å². The van der Waals surface area contributed by atoms with E-state index in [0.717, 1.165) is 0 Å². The minimum Gasteiger partial charge on any atom is -0.481 e. The molecular formula is C12H20N2O4. The lowest BCUT2D eigenvalue weighted by Gasteiger charge is -2.35. The number of carboxylic acids is 1. The van der Waals surface area contributed by atoms with Crippen molar-refractivity contribution in [2.24, 2.45) is 0 Å². The van der Waals surface area contributed by atoms with Gasteiger partial charge in [-0.05, 0) is 6.92 Å². The molecule has 1 amide bonds. The Bertz CT molecular complexity index is 319. The van der Waals surface area contributed by atoms with Gasteiger partial charge in [0.05, 0.1) is 25.2 Å². The summed E-state index contributed by atoms with van der Waals surface area (Å²) in [4.78, 5) is 24.3. The molecule has 0 spiro atoms. The average molecular weight is 256 g/mol. The van der Waals surface area contributed by atoms with Crippen LogP contribution in [0.15, 0.2) is 12.7 Å². The molecule has 0 saturated carbocycles. The molecule has 1 saturated heterocycles. The number of carbonyl (C=O) groups excluding carboxylic acids is 1. The van der Waals surface area contributed by atoms with E-state index >= 15 is 0 Å². The lowest BCUT2D eigenvalue weighted by molar-refractivity contribution is -0.143. The monoisotopic (exact) mass is 256 g/mol. The van der Waals surface area contributed by atoms with Crippen LogP contribution in [-0.2, 0) is 14.3 Å². The first-order chi connectivity index (χ1) is 8.54. The second-order valence-electron chi connectivity index (χ2n) is 4.30. The molecule has 1 rings (SSSR count). The largest absolute Gasteiger partial charge is 0.481 e. The third-order valence-electron chi connectivity index (χ3n) is 2.92. The summed E-state index contributed by atoms with van der Waals surface area (Å²) in [5.74, 6) is -0.962. The van der Waals surface area contributed by atoms with Crippen molar-refractivity contribution < 1.29 is 19.4 Å². The summed E-state index contributed by atoms with van der Waals surface area (Å²) < 4.78 is 5.36. The molecule has 6 heteroatoms. The molecule has 1 aliphatic rings. The summed E-state index contributed by atoms with van der Waals surface area (Å²) >= 11 is 0. The van der Waals surface area contributed by atoms with Crippen molar-refractivity contribution >= 4 is 11.9 Å². The van der Waals surface area contributed by atoms with Gasteiger partial charge in [-0.2, -0.15) is 0 Å². The fourth-order valence-electron chi connectivity index (χ4n) is 1.90. The summed E-state index contributed by atoms with van der Waals surface area (Å²) in [6.45, 7) is 7.34. The number of amides is 1. The number of morpholine rings is 1. The van der Waals surface area contributed by atoms with Crippen LogP contribution in [0, 0.1) is 0 Å². The highest BCUT2D eigenvalue weighted by Crippen LogP contribution is 2.11. The summed E-state index contributed by atoms with van der Waals surface area (Å²) in [6.07, 6.45) is 1.25. The van der Waals surface area contributed by atoms with E-state index in [9.17, 15) is 9.59 Å². The lowest BCUT2D eigenvalue weighted by Crippen LogP contribution is -2.52. The number of rotatable bonds is 6. The van der Waals surface area contributed by atoms with Gasteiger partial charge in [0.15, 0.2) is 0 Å². The highest BCUT2D eigenvalue weighted by atomic mass is 16.5. The van der Waals surface area contributed by atoms with Crippen molar-refractivity contribution in [2.75, 3.05) is 26.2 Å². The van der Waals surface area contributed by atoms with Crippen LogP contribution in [-0.4, -0.2) is 60.3 Å². The summed E-state index contributed by atoms with van der Waals surface area (Å²) in [5, 5.41) is 11.5. The summed E-state index contributed by atoms with van der Waals surface area (Å²) in [6, 6.07) is -0.287. The van der Waals surface area contributed by atoms with Gasteiger partial charge in [-0.25, -0.2) is 0 Å². The van der Waals surface area contributed by atoms with E-state index in [4.69, 9.17) is 9.84 Å². The van der Waals surface area contributed by atoms with Gasteiger partial charge in [-0.15, -0.1) is 6.58 Å². The van der Waals surface area contributed by atoms with Crippen molar-refractivity contribution in [2.45, 2.75) is 25.5 Å². The first-order valence-electron chi connectivity index (χ1n) is 6.00. The van der Waals surface area contributed by atoms with Gasteiger partial charge in [-0.3, -0.25) is 14.5 Å². The predicted molar refractivity (Wildman–Crippen MR) is 66.2 cm³/mol. The second-order valence-corrected chi connectivity index (χ2v) is 4.30. The number of nitrogens with zero attached hydrogens (tertiary/aromatic N) is 1. The maximum atomic E-state index is 11.8. The van der Waals surface area contributed by atoms with Gasteiger partial charge >= 0.3 is 5.97 Å². The van der Waals surface area contributed by atoms with Crippen molar-refractivity contribution in [1.29, 1.82) is 0 Å². The molecular weight excluding hydrogens is 236 g/mol. The molecule has 0 radical (unpaired) electrons. The van der Waals surface area contributed by atoms with Crippen molar-refractivity contribution in [1.82, 2.24) is 10.2 Å². The van der Waals surface area contributed by atoms with E-state index < -0.39 is 5.97 Å². The Hall–Kier alpha value is -1.40. The second kappa shape index (κ2) is 7.13. The standard InChI is InChI=1S/C12H20N2O4/c1-3-4-13-12(17)9(2)14-5-6-18-10(8-14)7-11(15)16/h3,9-10H,1,4-8H2,2H3,(H,13,17)(H,15,16). The molecule has 0 aromatic heterocycles. The maximum Gasteiger partial charge on any atom is 0.306 e. The smallest absolute Gasteiger partial charge is 0.306 e. The van der Waals surface area contributed by atoms with E-state index in [2.05, 4.69) is 11.9 Å². The highest BCUT2D eigenvalue weighted by molar-refractivity contribution is 5.81. The molecule has 2 atom stereocenters. The Morgan fingerprint density at radius 3 is 3.00 bits per heavy atom. The van der Waals surface area contributed by atoms with E-state index in [0.29, 0.717) is 26.2 Å². The van der Waals surface area contributed by atoms with Crippen LogP contribution in [0.1, 0.15) is 13.3 Å². The number of hydrogen-bond donors (Lipinski definition) is 2. The number of hydrogen-bond acceptors (Lipinski definition) is 4. The van der Waals surface area contributed by atoms with Crippen LogP contribution < -0.4 is 5.32 Å². The minimum atomic E-state index is -0.884. The van der Waals surface area contributed by atoms with Crippen LogP contribution in [0.3, 0.4) is 0 Å². The number of carboxylic acid groups (broad SMARTS) is 1. The first-order valence-corrected chi connectivity index (χ1v) is 6.00. The number of carbonyl (C=O) groups is 2. The van der Waals surface area contributed by atoms with E-state index in [-0.39, 0.29) is 24.5 Å². The van der Waals surface area contributed by atoms with Crippen molar-refractivity contribution in [3.63, 3.8) is 0 Å². The molecule has 1 fully saturated rings. The summed E-state index contributed by atoms with van der Waals surface area (Å²) in [7, 11) is 0. The molecule has 102 valence electrons. The lowest BCUT2D eigenvalue weighted by atomic mass is 10.1. The number of ether oxygens (including phenoxy) is 1. The topological polar surface area (TPSA) is 78.9 Å². The molecule has 0 bridgehead atoms. The first kappa shape index (κ1) is 14.7. The average Bonchev–Trinajstić information content (AvgIpc) is 2.34. The van der Waals surface area contributed by atoms with Gasteiger partial charge in [0.2, 0.25) is 5.91 Å². The van der Waals surface area contributed by atoms with Crippen LogP contribution in [0.5, 0.6) is 0 Å². The molecule has 18 heavy (non-hydrogen) atoms. The molecule has 0 aromatic carbocycles. The Balaban J connectivity index is 2.46. The zero-order chi connectivity index (χ0) is 13.5. The zero-order valence-corrected chi connectivity index (χ0v) is 10.6. The fraction of sp³-hybridized carbons (Fsp3) is 0.667. The molecule has 0 aliphatic carbocycles. The highest BCUT2D eigenvalue weighted by Gasteiger charge is 2.28. The number of nitrogens with one attached hydrogen (secondary N) is 1. The molecule has 6 nitrogen and oxygen atoms in total. The number of aliphatic carboxylic acids is 1. The van der Waals surface area contributed by atoms with Crippen LogP contribution in [0.2, 0.25) is 0 Å². The zero-order valence-electron chi connectivity index (χ0n) is 10.6. The maximum absolute atomic E-state index is 11.8. The molecule has 1 heterocycles. The van der Waals surface area contributed by atoms with Crippen LogP contribution >= 0.6 is 0 Å². The predicted octanol–water partition coefficient (Wildman–Crippen LogP) is -0.147. The van der Waals surface area contributed by atoms with E-state index in [1.807, 2.05) is 11.8 Å². The van der Waals surface area contributed by atoms with Gasteiger partial charge in [0.1, 0.15) is 0 Å². The Kier molecular flexibility index (Phi) is 5.80. The van der Waals surface area contributed by atoms with Gasteiger partial charge < -0.3 is 15.2 Å². The minimum absolute atomic E-state index is 0.0303. The normalized spacial score (nSPS) is 22.2. The molecule has 2 unspecified atom stereocenters. The quantitative estimate of drug-likeness (QED) is 0.646. The molecule has 2 N–H and O–H groups in total. The van der Waals surface area contributed by atoms with Crippen LogP contribution in [0.25, 0.3) is 0 Å². The van der Waals surface area contributed by atoms with Gasteiger partial charge in [0, 0.05) is 19.6 Å². The van der Waals surface area contributed by atoms with Crippen molar-refractivity contribution in [3.05, 3.63) is 12.7 Å². The Morgan fingerprint density at radius 2 is 2.39 bits per heavy atom. The SMILES string of the molecule is C=CCNC(=O)C(C)N1CCOC(CC(=O)O)C1.